The number of halogens is 1. The van der Waals surface area contributed by atoms with Crippen molar-refractivity contribution in [3.63, 3.8) is 0 Å². The smallest absolute Gasteiger partial charge is 0.0635 e. The van der Waals surface area contributed by atoms with Crippen molar-refractivity contribution in [2.24, 2.45) is 0 Å². The maximum atomic E-state index is 8.49. The van der Waals surface area contributed by atoms with Gasteiger partial charge in [-0.05, 0) is 42.5 Å². The minimum atomic E-state index is 0.544. The number of nitrogens with zero attached hydrogens (tertiary/aromatic N) is 1. The minimum absolute atomic E-state index is 0.544. The molecule has 16 heavy (non-hydrogen) atoms. The molecule has 1 aromatic rings. The average molecular weight is 279 g/mol. The molecule has 0 aliphatic heterocycles. The van der Waals surface area contributed by atoms with Crippen LogP contribution in [0, 0.1) is 11.3 Å². The number of nitrogens with one attached hydrogen (secondary N) is 1. The fourth-order valence-electron chi connectivity index (χ4n) is 2.23. The number of hydrogen-bond acceptors (Lipinski definition) is 2. The zero-order chi connectivity index (χ0) is 11.4. The Morgan fingerprint density at radius 3 is 3.12 bits per heavy atom. The maximum absolute atomic E-state index is 8.49. The van der Waals surface area contributed by atoms with E-state index in [1.807, 2.05) is 0 Å². The molecular formula is C13H15BrN2. The van der Waals surface area contributed by atoms with Crippen LogP contribution < -0.4 is 5.32 Å². The number of hydrogen-bond donors (Lipinski definition) is 1. The largest absolute Gasteiger partial charge is 0.313 e. The van der Waals surface area contributed by atoms with Crippen LogP contribution in [0.5, 0.6) is 0 Å². The normalized spacial score (nSPS) is 18.9. The van der Waals surface area contributed by atoms with Gasteiger partial charge in [0, 0.05) is 23.5 Å². The highest BCUT2D eigenvalue weighted by Crippen LogP contribution is 2.24. The topological polar surface area (TPSA) is 35.8 Å². The second-order valence-electron chi connectivity index (χ2n) is 4.21. The second kappa shape index (κ2) is 5.47. The van der Waals surface area contributed by atoms with Crippen LogP contribution in [0.2, 0.25) is 0 Å². The van der Waals surface area contributed by atoms with Crippen molar-refractivity contribution in [3.05, 3.63) is 33.8 Å². The van der Waals surface area contributed by atoms with Crippen molar-refractivity contribution in [3.8, 4) is 6.07 Å². The van der Waals surface area contributed by atoms with E-state index in [9.17, 15) is 0 Å². The number of aryl methyl sites for hydroxylation is 1. The van der Waals surface area contributed by atoms with Crippen molar-refractivity contribution in [1.29, 1.82) is 5.26 Å². The number of fused-ring (bicyclic) bond motifs is 1. The van der Waals surface area contributed by atoms with E-state index in [1.165, 1.54) is 22.0 Å². The van der Waals surface area contributed by atoms with Gasteiger partial charge in [0.25, 0.3) is 0 Å². The first-order valence-corrected chi connectivity index (χ1v) is 6.46. The molecule has 1 aliphatic rings. The SMILES string of the molecule is N#CCCNC1CCc2cc(Br)ccc2C1. The predicted octanol–water partition coefficient (Wildman–Crippen LogP) is 2.81. The maximum Gasteiger partial charge on any atom is 0.0635 e. The van der Waals surface area contributed by atoms with Crippen molar-refractivity contribution < 1.29 is 0 Å². The van der Waals surface area contributed by atoms with Gasteiger partial charge in [0.15, 0.2) is 0 Å². The minimum Gasteiger partial charge on any atom is -0.313 e. The molecule has 1 unspecified atom stereocenters. The fourth-order valence-corrected chi connectivity index (χ4v) is 2.64. The van der Waals surface area contributed by atoms with Crippen LogP contribution in [0.15, 0.2) is 22.7 Å². The monoisotopic (exact) mass is 278 g/mol. The summed E-state index contributed by atoms with van der Waals surface area (Å²) >= 11 is 3.51. The van der Waals surface area contributed by atoms with E-state index in [0.717, 1.165) is 19.4 Å². The molecule has 0 spiro atoms. The van der Waals surface area contributed by atoms with Gasteiger partial charge in [-0.1, -0.05) is 22.0 Å². The third-order valence-corrected chi connectivity index (χ3v) is 3.56. The number of rotatable bonds is 3. The van der Waals surface area contributed by atoms with Crippen LogP contribution in [0.25, 0.3) is 0 Å². The molecule has 0 saturated heterocycles. The molecule has 1 N–H and O–H groups in total. The first-order valence-electron chi connectivity index (χ1n) is 5.67. The molecule has 2 rings (SSSR count). The van der Waals surface area contributed by atoms with Crippen LogP contribution in [0.4, 0.5) is 0 Å². The van der Waals surface area contributed by atoms with E-state index in [2.05, 4.69) is 45.5 Å². The third kappa shape index (κ3) is 2.84. The summed E-state index contributed by atoms with van der Waals surface area (Å²) < 4.78 is 1.17. The molecule has 0 aromatic heterocycles. The highest BCUT2D eigenvalue weighted by molar-refractivity contribution is 9.10. The Kier molecular flexibility index (Phi) is 3.98. The van der Waals surface area contributed by atoms with Gasteiger partial charge in [0.1, 0.15) is 0 Å². The van der Waals surface area contributed by atoms with Gasteiger partial charge in [0.2, 0.25) is 0 Å². The predicted molar refractivity (Wildman–Crippen MR) is 68.2 cm³/mol. The van der Waals surface area contributed by atoms with E-state index < -0.39 is 0 Å². The average Bonchev–Trinajstić information content (AvgIpc) is 2.29. The molecule has 84 valence electrons. The molecule has 3 heteroatoms. The van der Waals surface area contributed by atoms with Crippen LogP contribution in [0.1, 0.15) is 24.0 Å². The molecule has 0 bridgehead atoms. The summed E-state index contributed by atoms with van der Waals surface area (Å²) in [6.45, 7) is 0.813. The third-order valence-electron chi connectivity index (χ3n) is 3.07. The van der Waals surface area contributed by atoms with Gasteiger partial charge in [-0.2, -0.15) is 5.26 Å². The highest BCUT2D eigenvalue weighted by Gasteiger charge is 2.17. The molecule has 0 saturated carbocycles. The Hall–Kier alpha value is -0.850. The van der Waals surface area contributed by atoms with Crippen molar-refractivity contribution in [2.45, 2.75) is 31.7 Å². The van der Waals surface area contributed by atoms with Crippen molar-refractivity contribution in [1.82, 2.24) is 5.32 Å². The van der Waals surface area contributed by atoms with E-state index in [4.69, 9.17) is 5.26 Å². The zero-order valence-corrected chi connectivity index (χ0v) is 10.8. The lowest BCUT2D eigenvalue weighted by Crippen LogP contribution is -2.35. The van der Waals surface area contributed by atoms with Gasteiger partial charge < -0.3 is 5.32 Å². The number of benzene rings is 1. The van der Waals surface area contributed by atoms with Gasteiger partial charge >= 0.3 is 0 Å². The lowest BCUT2D eigenvalue weighted by Gasteiger charge is -2.25. The molecule has 1 atom stereocenters. The Morgan fingerprint density at radius 1 is 1.44 bits per heavy atom. The zero-order valence-electron chi connectivity index (χ0n) is 9.17. The molecule has 0 fully saturated rings. The summed E-state index contributed by atoms with van der Waals surface area (Å²) in [7, 11) is 0. The van der Waals surface area contributed by atoms with Crippen LogP contribution in [-0.2, 0) is 12.8 Å². The second-order valence-corrected chi connectivity index (χ2v) is 5.13. The molecule has 0 radical (unpaired) electrons. The summed E-state index contributed by atoms with van der Waals surface area (Å²) in [6.07, 6.45) is 4.01. The molecule has 1 aliphatic carbocycles. The van der Waals surface area contributed by atoms with Crippen LogP contribution in [-0.4, -0.2) is 12.6 Å². The summed E-state index contributed by atoms with van der Waals surface area (Å²) in [4.78, 5) is 0. The number of nitriles is 1. The van der Waals surface area contributed by atoms with E-state index in [-0.39, 0.29) is 0 Å². The summed E-state index contributed by atoms with van der Waals surface area (Å²) in [5, 5.41) is 11.9. The first-order chi connectivity index (χ1) is 7.79. The quantitative estimate of drug-likeness (QED) is 0.864. The van der Waals surface area contributed by atoms with Crippen LogP contribution >= 0.6 is 15.9 Å². The van der Waals surface area contributed by atoms with E-state index in [1.54, 1.807) is 0 Å². The fraction of sp³-hybridized carbons (Fsp3) is 0.462. The summed E-state index contributed by atoms with van der Waals surface area (Å²) in [5.41, 5.74) is 2.91. The standard InChI is InChI=1S/C13H15BrN2/c14-12-4-2-11-9-13(16-7-1-6-15)5-3-10(11)8-12/h2,4,8,13,16H,1,3,5,7,9H2. The summed E-state index contributed by atoms with van der Waals surface area (Å²) in [6, 6.07) is 9.25. The van der Waals surface area contributed by atoms with Crippen molar-refractivity contribution >= 4 is 15.9 Å². The Morgan fingerprint density at radius 2 is 2.31 bits per heavy atom. The first kappa shape index (κ1) is 11.6. The molecule has 0 heterocycles. The Bertz CT molecular complexity index is 409. The molecule has 1 aromatic carbocycles. The Balaban J connectivity index is 1.96. The Labute approximate surface area is 105 Å². The van der Waals surface area contributed by atoms with Gasteiger partial charge in [-0.3, -0.25) is 0 Å². The van der Waals surface area contributed by atoms with Crippen LogP contribution in [0.3, 0.4) is 0 Å². The van der Waals surface area contributed by atoms with Gasteiger partial charge in [-0.25, -0.2) is 0 Å². The highest BCUT2D eigenvalue weighted by atomic mass is 79.9. The van der Waals surface area contributed by atoms with Gasteiger partial charge in [-0.15, -0.1) is 0 Å². The van der Waals surface area contributed by atoms with E-state index >= 15 is 0 Å². The molecular weight excluding hydrogens is 264 g/mol. The summed E-state index contributed by atoms with van der Waals surface area (Å²) in [5.74, 6) is 0. The van der Waals surface area contributed by atoms with Gasteiger partial charge in [0.05, 0.1) is 6.07 Å². The lowest BCUT2D eigenvalue weighted by molar-refractivity contribution is 0.464. The lowest BCUT2D eigenvalue weighted by atomic mass is 9.88. The molecule has 0 amide bonds. The molecule has 2 nitrogen and oxygen atoms in total. The van der Waals surface area contributed by atoms with Crippen molar-refractivity contribution in [2.75, 3.05) is 6.54 Å². The van der Waals surface area contributed by atoms with E-state index in [0.29, 0.717) is 12.5 Å².